The summed E-state index contributed by atoms with van der Waals surface area (Å²) in [5, 5.41) is 0.699. The number of nitrogens with zero attached hydrogens (tertiary/aromatic N) is 4. The van der Waals surface area contributed by atoms with Crippen molar-refractivity contribution < 1.29 is 4.79 Å². The Labute approximate surface area is 167 Å². The molecule has 0 bridgehead atoms. The average Bonchev–Trinajstić information content (AvgIpc) is 3.00. The molecule has 2 heterocycles. The number of aromatic nitrogens is 4. The standard InChI is InChI=1S/C18H28N6O3S/c1-11(2)8-23(13(25)10-28-18-20-6-7-22(18)5)14-15(19)24(9-12(3)4)17(27)21-16(14)26/h6-7,11-12H,8-10,19H2,1-5H3,(H,21,26,27). The van der Waals surface area contributed by atoms with Crippen LogP contribution in [-0.2, 0) is 18.4 Å². The lowest BCUT2D eigenvalue weighted by molar-refractivity contribution is -0.116. The summed E-state index contributed by atoms with van der Waals surface area (Å²) in [7, 11) is 1.84. The number of amides is 1. The highest BCUT2D eigenvalue weighted by Gasteiger charge is 2.25. The number of H-pyrrole nitrogens is 1. The summed E-state index contributed by atoms with van der Waals surface area (Å²) in [6.45, 7) is 8.43. The van der Waals surface area contributed by atoms with E-state index in [2.05, 4.69) is 9.97 Å². The van der Waals surface area contributed by atoms with Crippen LogP contribution in [0.4, 0.5) is 11.5 Å². The topological polar surface area (TPSA) is 119 Å². The van der Waals surface area contributed by atoms with Crippen LogP contribution < -0.4 is 21.9 Å². The molecule has 0 aliphatic carbocycles. The van der Waals surface area contributed by atoms with Gasteiger partial charge in [-0.15, -0.1) is 0 Å². The van der Waals surface area contributed by atoms with Gasteiger partial charge in [-0.3, -0.25) is 19.1 Å². The number of nitrogens with two attached hydrogens (primary N) is 1. The molecule has 0 aliphatic rings. The zero-order chi connectivity index (χ0) is 21.0. The number of rotatable bonds is 8. The molecule has 0 aliphatic heterocycles. The molecule has 0 spiro atoms. The van der Waals surface area contributed by atoms with Crippen molar-refractivity contribution in [1.29, 1.82) is 0 Å². The molecule has 1 amide bonds. The van der Waals surface area contributed by atoms with E-state index in [9.17, 15) is 14.4 Å². The van der Waals surface area contributed by atoms with Gasteiger partial charge in [0, 0.05) is 32.5 Å². The van der Waals surface area contributed by atoms with Crippen molar-refractivity contribution in [3.63, 3.8) is 0 Å². The van der Waals surface area contributed by atoms with Crippen molar-refractivity contribution in [1.82, 2.24) is 19.1 Å². The summed E-state index contributed by atoms with van der Waals surface area (Å²) in [4.78, 5) is 45.6. The minimum atomic E-state index is -0.654. The zero-order valence-corrected chi connectivity index (χ0v) is 17.7. The van der Waals surface area contributed by atoms with Gasteiger partial charge in [0.2, 0.25) is 5.91 Å². The van der Waals surface area contributed by atoms with Crippen LogP contribution in [0.25, 0.3) is 0 Å². The fourth-order valence-electron chi connectivity index (χ4n) is 2.76. The van der Waals surface area contributed by atoms with Gasteiger partial charge in [0.05, 0.1) is 5.75 Å². The van der Waals surface area contributed by atoms with Crippen molar-refractivity contribution in [2.75, 3.05) is 22.9 Å². The number of aryl methyl sites for hydroxylation is 1. The second-order valence-electron chi connectivity index (χ2n) is 7.51. The SMILES string of the molecule is CC(C)CN(C(=O)CSc1nccn1C)c1c(N)n(CC(C)C)c(=O)[nH]c1=O. The van der Waals surface area contributed by atoms with Gasteiger partial charge in [0.25, 0.3) is 5.56 Å². The summed E-state index contributed by atoms with van der Waals surface area (Å²) in [5.41, 5.74) is 4.99. The maximum atomic E-state index is 13.0. The van der Waals surface area contributed by atoms with Crippen LogP contribution in [0.5, 0.6) is 0 Å². The van der Waals surface area contributed by atoms with E-state index in [4.69, 9.17) is 5.73 Å². The van der Waals surface area contributed by atoms with Crippen molar-refractivity contribution in [2.24, 2.45) is 18.9 Å². The lowest BCUT2D eigenvalue weighted by Crippen LogP contribution is -2.43. The van der Waals surface area contributed by atoms with Gasteiger partial charge >= 0.3 is 5.69 Å². The maximum Gasteiger partial charge on any atom is 0.330 e. The van der Waals surface area contributed by atoms with Gasteiger partial charge in [-0.05, 0) is 11.8 Å². The summed E-state index contributed by atoms with van der Waals surface area (Å²) in [6, 6.07) is 0. The minimum absolute atomic E-state index is 0.0124. The fourth-order valence-corrected chi connectivity index (χ4v) is 3.57. The summed E-state index contributed by atoms with van der Waals surface area (Å²) in [6.07, 6.45) is 3.45. The molecular weight excluding hydrogens is 380 g/mol. The number of hydrogen-bond acceptors (Lipinski definition) is 6. The Morgan fingerprint density at radius 3 is 2.50 bits per heavy atom. The Hall–Kier alpha value is -2.49. The van der Waals surface area contributed by atoms with E-state index in [-0.39, 0.29) is 35.0 Å². The number of imidazole rings is 1. The number of thioether (sulfide) groups is 1. The monoisotopic (exact) mass is 408 g/mol. The molecule has 0 saturated heterocycles. The molecule has 2 aromatic heterocycles. The number of nitrogens with one attached hydrogen (secondary N) is 1. The molecule has 154 valence electrons. The molecule has 28 heavy (non-hydrogen) atoms. The molecule has 0 atom stereocenters. The lowest BCUT2D eigenvalue weighted by atomic mass is 10.2. The zero-order valence-electron chi connectivity index (χ0n) is 16.9. The van der Waals surface area contributed by atoms with Crippen molar-refractivity contribution in [3.8, 4) is 0 Å². The summed E-state index contributed by atoms with van der Waals surface area (Å²) >= 11 is 1.28. The fraction of sp³-hybridized carbons (Fsp3) is 0.556. The number of anilines is 2. The quantitative estimate of drug-likeness (QED) is 0.635. The normalized spacial score (nSPS) is 11.4. The van der Waals surface area contributed by atoms with E-state index in [1.54, 1.807) is 12.4 Å². The number of carbonyl (C=O) groups is 1. The lowest BCUT2D eigenvalue weighted by Gasteiger charge is -2.26. The second-order valence-corrected chi connectivity index (χ2v) is 8.45. The Morgan fingerprint density at radius 2 is 1.96 bits per heavy atom. The van der Waals surface area contributed by atoms with E-state index in [0.29, 0.717) is 18.2 Å². The number of aromatic amines is 1. The summed E-state index contributed by atoms with van der Waals surface area (Å²) in [5.74, 6) is 0.0881. The van der Waals surface area contributed by atoms with Gasteiger partial charge in [0.1, 0.15) is 5.82 Å². The Morgan fingerprint density at radius 1 is 1.29 bits per heavy atom. The molecule has 9 nitrogen and oxygen atoms in total. The van der Waals surface area contributed by atoms with Gasteiger partial charge in [-0.25, -0.2) is 9.78 Å². The molecule has 3 N–H and O–H groups in total. The minimum Gasteiger partial charge on any atom is -0.383 e. The number of nitrogen functional groups attached to an aromatic ring is 1. The first-order valence-corrected chi connectivity index (χ1v) is 10.1. The molecule has 0 radical (unpaired) electrons. The van der Waals surface area contributed by atoms with Crippen LogP contribution in [0.1, 0.15) is 27.7 Å². The number of carbonyl (C=O) groups excluding carboxylic acids is 1. The van der Waals surface area contributed by atoms with Crippen LogP contribution in [0, 0.1) is 11.8 Å². The van der Waals surface area contributed by atoms with Crippen molar-refractivity contribution >= 4 is 29.2 Å². The third-order valence-corrected chi connectivity index (χ3v) is 5.03. The molecule has 0 aromatic carbocycles. The molecule has 10 heteroatoms. The van der Waals surface area contributed by atoms with E-state index in [1.807, 2.05) is 39.3 Å². The largest absolute Gasteiger partial charge is 0.383 e. The molecule has 0 saturated carbocycles. The second kappa shape index (κ2) is 9.13. The van der Waals surface area contributed by atoms with Gasteiger partial charge in [-0.2, -0.15) is 0 Å². The molecule has 0 unspecified atom stereocenters. The molecule has 0 fully saturated rings. The Kier molecular flexibility index (Phi) is 7.11. The Balaban J connectivity index is 2.41. The third-order valence-electron chi connectivity index (χ3n) is 3.98. The Bertz CT molecular complexity index is 944. The van der Waals surface area contributed by atoms with E-state index in [0.717, 1.165) is 0 Å². The van der Waals surface area contributed by atoms with E-state index >= 15 is 0 Å². The van der Waals surface area contributed by atoms with Gasteiger partial charge in [-0.1, -0.05) is 39.5 Å². The molecule has 2 aromatic rings. The van der Waals surface area contributed by atoms with Crippen LogP contribution in [0.15, 0.2) is 27.1 Å². The average molecular weight is 409 g/mol. The first-order chi connectivity index (χ1) is 13.1. The van der Waals surface area contributed by atoms with Crippen LogP contribution >= 0.6 is 11.8 Å². The smallest absolute Gasteiger partial charge is 0.330 e. The highest BCUT2D eigenvalue weighted by molar-refractivity contribution is 7.99. The predicted molar refractivity (Wildman–Crippen MR) is 112 cm³/mol. The van der Waals surface area contributed by atoms with Crippen LogP contribution in [0.2, 0.25) is 0 Å². The van der Waals surface area contributed by atoms with E-state index < -0.39 is 11.2 Å². The van der Waals surface area contributed by atoms with Gasteiger partial charge < -0.3 is 15.2 Å². The van der Waals surface area contributed by atoms with Crippen molar-refractivity contribution in [2.45, 2.75) is 39.4 Å². The number of hydrogen-bond donors (Lipinski definition) is 2. The maximum absolute atomic E-state index is 13.0. The molecular formula is C18H28N6O3S. The summed E-state index contributed by atoms with van der Waals surface area (Å²) < 4.78 is 3.13. The van der Waals surface area contributed by atoms with Crippen LogP contribution in [-0.4, -0.2) is 37.3 Å². The van der Waals surface area contributed by atoms with Crippen molar-refractivity contribution in [3.05, 3.63) is 33.2 Å². The highest BCUT2D eigenvalue weighted by Crippen LogP contribution is 2.22. The van der Waals surface area contributed by atoms with Crippen LogP contribution in [0.3, 0.4) is 0 Å². The predicted octanol–water partition coefficient (Wildman–Crippen LogP) is 1.29. The first kappa shape index (κ1) is 21.8. The highest BCUT2D eigenvalue weighted by atomic mass is 32.2. The van der Waals surface area contributed by atoms with E-state index in [1.165, 1.54) is 21.2 Å². The first-order valence-electron chi connectivity index (χ1n) is 9.14. The molecule has 2 rings (SSSR count). The third kappa shape index (κ3) is 5.06. The van der Waals surface area contributed by atoms with Gasteiger partial charge in [0.15, 0.2) is 10.8 Å².